The molecule has 0 spiro atoms. The van der Waals surface area contributed by atoms with Crippen LogP contribution in [-0.4, -0.2) is 75.0 Å². The first-order valence-corrected chi connectivity index (χ1v) is 12.1. The van der Waals surface area contributed by atoms with Gasteiger partial charge in [0, 0.05) is 51.0 Å². The molecule has 32 heavy (non-hydrogen) atoms. The quantitative estimate of drug-likeness (QED) is 0.678. The van der Waals surface area contributed by atoms with Gasteiger partial charge in [0.25, 0.3) is 5.91 Å². The molecule has 10 nitrogen and oxygen atoms in total. The molecule has 2 fully saturated rings. The summed E-state index contributed by atoms with van der Waals surface area (Å²) in [5.41, 5.74) is 6.31. The van der Waals surface area contributed by atoms with Crippen LogP contribution in [0.1, 0.15) is 28.9 Å². The summed E-state index contributed by atoms with van der Waals surface area (Å²) in [5.74, 6) is 1.06. The summed E-state index contributed by atoms with van der Waals surface area (Å²) in [5, 5.41) is 0. The Morgan fingerprint density at radius 3 is 2.31 bits per heavy atom. The SMILES string of the molecule is COc1ccc(S(=O)(=O)N2CCN(c3nc(C)cc(N4CCCC4)n3)CC2)cc1C(N)=O. The first-order chi connectivity index (χ1) is 15.3. The third kappa shape index (κ3) is 4.35. The van der Waals surface area contributed by atoms with Gasteiger partial charge < -0.3 is 20.3 Å². The van der Waals surface area contributed by atoms with Crippen molar-refractivity contribution >= 4 is 27.7 Å². The molecule has 1 amide bonds. The Hall–Kier alpha value is -2.92. The molecule has 0 saturated carbocycles. The second-order valence-electron chi connectivity index (χ2n) is 7.98. The van der Waals surface area contributed by atoms with E-state index in [1.54, 1.807) is 0 Å². The number of nitrogens with zero attached hydrogens (tertiary/aromatic N) is 5. The minimum atomic E-state index is -3.78. The lowest BCUT2D eigenvalue weighted by Gasteiger charge is -2.34. The highest BCUT2D eigenvalue weighted by Crippen LogP contribution is 2.26. The number of carbonyl (C=O) groups excluding carboxylic acids is 1. The van der Waals surface area contributed by atoms with Gasteiger partial charge in [-0.3, -0.25) is 4.79 Å². The van der Waals surface area contributed by atoms with E-state index in [2.05, 4.69) is 9.88 Å². The number of aromatic nitrogens is 2. The monoisotopic (exact) mass is 460 g/mol. The lowest BCUT2D eigenvalue weighted by atomic mass is 10.2. The number of methoxy groups -OCH3 is 1. The summed E-state index contributed by atoms with van der Waals surface area (Å²) >= 11 is 0. The maximum Gasteiger partial charge on any atom is 0.252 e. The van der Waals surface area contributed by atoms with Crippen LogP contribution in [0.5, 0.6) is 5.75 Å². The molecule has 1 aromatic carbocycles. The molecule has 1 aromatic heterocycles. The Labute approximate surface area is 188 Å². The zero-order chi connectivity index (χ0) is 22.9. The number of aryl methyl sites for hydroxylation is 1. The molecule has 2 aromatic rings. The van der Waals surface area contributed by atoms with Gasteiger partial charge in [-0.15, -0.1) is 0 Å². The second kappa shape index (κ2) is 8.91. The van der Waals surface area contributed by atoms with Crippen molar-refractivity contribution in [3.63, 3.8) is 0 Å². The van der Waals surface area contributed by atoms with Crippen molar-refractivity contribution in [1.29, 1.82) is 0 Å². The van der Waals surface area contributed by atoms with E-state index < -0.39 is 15.9 Å². The molecule has 0 unspecified atom stereocenters. The van der Waals surface area contributed by atoms with E-state index >= 15 is 0 Å². The van der Waals surface area contributed by atoms with Crippen molar-refractivity contribution in [2.24, 2.45) is 5.73 Å². The maximum absolute atomic E-state index is 13.2. The molecule has 2 aliphatic heterocycles. The van der Waals surface area contributed by atoms with Gasteiger partial charge in [0.05, 0.1) is 17.6 Å². The predicted octanol–water partition coefficient (Wildman–Crippen LogP) is 1.00. The minimum absolute atomic E-state index is 0.0173. The molecule has 0 atom stereocenters. The summed E-state index contributed by atoms with van der Waals surface area (Å²) in [6.45, 7) is 5.47. The van der Waals surface area contributed by atoms with E-state index in [1.807, 2.05) is 17.9 Å². The molecule has 2 aliphatic rings. The fraction of sp³-hybridized carbons (Fsp3) is 0.476. The van der Waals surface area contributed by atoms with Crippen LogP contribution in [0.15, 0.2) is 29.2 Å². The van der Waals surface area contributed by atoms with Crippen molar-refractivity contribution in [3.05, 3.63) is 35.5 Å². The Bertz CT molecular complexity index is 1110. The normalized spacial score (nSPS) is 17.6. The highest BCUT2D eigenvalue weighted by atomic mass is 32.2. The summed E-state index contributed by atoms with van der Waals surface area (Å²) in [7, 11) is -2.38. The van der Waals surface area contributed by atoms with Gasteiger partial charge in [-0.2, -0.15) is 9.29 Å². The molecule has 172 valence electrons. The zero-order valence-electron chi connectivity index (χ0n) is 18.3. The largest absolute Gasteiger partial charge is 0.496 e. The number of carbonyl (C=O) groups is 1. The van der Waals surface area contributed by atoms with Crippen LogP contribution >= 0.6 is 0 Å². The van der Waals surface area contributed by atoms with Crippen molar-refractivity contribution in [3.8, 4) is 5.75 Å². The average Bonchev–Trinajstić information content (AvgIpc) is 3.33. The van der Waals surface area contributed by atoms with Gasteiger partial charge in [-0.05, 0) is 38.0 Å². The smallest absolute Gasteiger partial charge is 0.252 e. The van der Waals surface area contributed by atoms with Gasteiger partial charge in [-0.1, -0.05) is 0 Å². The number of amides is 1. The first-order valence-electron chi connectivity index (χ1n) is 10.6. The molecule has 0 aliphatic carbocycles. The molecule has 0 bridgehead atoms. The molecular formula is C21H28N6O4S. The lowest BCUT2D eigenvalue weighted by Crippen LogP contribution is -2.49. The van der Waals surface area contributed by atoms with E-state index in [0.717, 1.165) is 37.4 Å². The third-order valence-electron chi connectivity index (χ3n) is 5.85. The fourth-order valence-electron chi connectivity index (χ4n) is 4.10. The molecule has 3 heterocycles. The minimum Gasteiger partial charge on any atom is -0.496 e. The molecule has 2 N–H and O–H groups in total. The van der Waals surface area contributed by atoms with E-state index in [0.29, 0.717) is 19.0 Å². The Balaban J connectivity index is 1.50. The number of ether oxygens (including phenoxy) is 1. The molecule has 4 rings (SSSR count). The number of piperazine rings is 1. The Morgan fingerprint density at radius 1 is 1.00 bits per heavy atom. The van der Waals surface area contributed by atoms with Gasteiger partial charge in [0.2, 0.25) is 16.0 Å². The van der Waals surface area contributed by atoms with Gasteiger partial charge in [0.1, 0.15) is 11.6 Å². The summed E-state index contributed by atoms with van der Waals surface area (Å²) in [6, 6.07) is 6.15. The molecular weight excluding hydrogens is 432 g/mol. The number of hydrogen-bond donors (Lipinski definition) is 1. The predicted molar refractivity (Wildman–Crippen MR) is 121 cm³/mol. The van der Waals surface area contributed by atoms with Crippen LogP contribution in [0.25, 0.3) is 0 Å². The van der Waals surface area contributed by atoms with E-state index in [4.69, 9.17) is 15.5 Å². The maximum atomic E-state index is 13.2. The van der Waals surface area contributed by atoms with Gasteiger partial charge in [-0.25, -0.2) is 13.4 Å². The second-order valence-corrected chi connectivity index (χ2v) is 9.92. The summed E-state index contributed by atoms with van der Waals surface area (Å²) < 4.78 is 32.8. The number of nitrogens with two attached hydrogens (primary N) is 1. The van der Waals surface area contributed by atoms with Gasteiger partial charge >= 0.3 is 0 Å². The topological polar surface area (TPSA) is 122 Å². The van der Waals surface area contributed by atoms with Gasteiger partial charge in [0.15, 0.2) is 0 Å². The van der Waals surface area contributed by atoms with Crippen LogP contribution in [0.2, 0.25) is 0 Å². The number of benzene rings is 1. The van der Waals surface area contributed by atoms with Crippen molar-refractivity contribution < 1.29 is 17.9 Å². The number of rotatable bonds is 6. The highest BCUT2D eigenvalue weighted by molar-refractivity contribution is 7.89. The van der Waals surface area contributed by atoms with E-state index in [9.17, 15) is 13.2 Å². The van der Waals surface area contributed by atoms with Crippen LogP contribution in [0.4, 0.5) is 11.8 Å². The third-order valence-corrected chi connectivity index (χ3v) is 7.75. The van der Waals surface area contributed by atoms with E-state index in [-0.39, 0.29) is 29.3 Å². The zero-order valence-corrected chi connectivity index (χ0v) is 19.1. The average molecular weight is 461 g/mol. The van der Waals surface area contributed by atoms with Crippen LogP contribution in [0.3, 0.4) is 0 Å². The molecule has 2 saturated heterocycles. The van der Waals surface area contributed by atoms with Crippen LogP contribution in [-0.2, 0) is 10.0 Å². The van der Waals surface area contributed by atoms with Crippen molar-refractivity contribution in [2.75, 3.05) is 56.2 Å². The van der Waals surface area contributed by atoms with Crippen LogP contribution in [0, 0.1) is 6.92 Å². The fourth-order valence-corrected chi connectivity index (χ4v) is 5.55. The number of primary amides is 1. The van der Waals surface area contributed by atoms with E-state index in [1.165, 1.54) is 29.6 Å². The number of sulfonamides is 1. The number of hydrogen-bond acceptors (Lipinski definition) is 8. The van der Waals surface area contributed by atoms with Crippen molar-refractivity contribution in [1.82, 2.24) is 14.3 Å². The highest BCUT2D eigenvalue weighted by Gasteiger charge is 2.30. The lowest BCUT2D eigenvalue weighted by molar-refractivity contribution is 0.0997. The Kier molecular flexibility index (Phi) is 6.20. The van der Waals surface area contributed by atoms with Crippen molar-refractivity contribution in [2.45, 2.75) is 24.7 Å². The molecule has 11 heteroatoms. The summed E-state index contributed by atoms with van der Waals surface area (Å²) in [6.07, 6.45) is 2.33. The standard InChI is InChI=1S/C21H28N6O4S/c1-15-13-19(25-7-3-4-8-25)24-21(23-15)26-9-11-27(12-10-26)32(29,30)16-5-6-18(31-2)17(14-16)20(22)28/h5-6,13-14H,3-4,7-12H2,1-2H3,(H2,22,28). The Morgan fingerprint density at radius 2 is 1.69 bits per heavy atom. The summed E-state index contributed by atoms with van der Waals surface area (Å²) in [4.78, 5) is 25.3. The van der Waals surface area contributed by atoms with Crippen LogP contribution < -0.4 is 20.3 Å². The number of anilines is 2. The first kappa shape index (κ1) is 22.3. The molecule has 0 radical (unpaired) electrons.